The molecule has 0 bridgehead atoms. The molecule has 0 N–H and O–H groups in total. The summed E-state index contributed by atoms with van der Waals surface area (Å²) < 4.78 is 9.37. The molecule has 5 heavy (non-hydrogen) atoms. The van der Waals surface area contributed by atoms with Crippen molar-refractivity contribution in [1.82, 2.24) is 0 Å². The average molecular weight is 181 g/mol. The summed E-state index contributed by atoms with van der Waals surface area (Å²) in [6.07, 6.45) is 0. The van der Waals surface area contributed by atoms with Crippen LogP contribution in [-0.4, -0.2) is 7.57 Å². The zero-order valence-corrected chi connectivity index (χ0v) is 7.63. The van der Waals surface area contributed by atoms with Gasteiger partial charge < -0.3 is 4.57 Å². The van der Waals surface area contributed by atoms with Crippen LogP contribution in [0.2, 0.25) is 0 Å². The van der Waals surface area contributed by atoms with Gasteiger partial charge in [0, 0.05) is 40.1 Å². The Morgan fingerprint density at radius 1 is 1.80 bits per heavy atom. The Morgan fingerprint density at radius 3 is 1.80 bits per heavy atom. The second kappa shape index (κ2) is 5.83. The maximum atomic E-state index is 9.37. The van der Waals surface area contributed by atoms with Crippen LogP contribution < -0.4 is 0 Å². The van der Waals surface area contributed by atoms with E-state index in [-0.39, 0.29) is 32.7 Å². The third-order valence-electron chi connectivity index (χ3n) is 0. The Labute approximate surface area is 60.8 Å². The molecule has 0 spiro atoms. The minimum atomic E-state index is -1.71. The Morgan fingerprint density at radius 2 is 1.80 bits per heavy atom. The number of hydrogen-bond donors (Lipinski definition) is 0. The smallest absolute Gasteiger partial charge is 0.165 e. The minimum Gasteiger partial charge on any atom is -0.334 e. The van der Waals surface area contributed by atoms with E-state index in [2.05, 4.69) is 7.57 Å². The van der Waals surface area contributed by atoms with Gasteiger partial charge in [-0.15, -0.1) is 0 Å². The molecule has 1 nitrogen and oxygen atoms in total. The van der Waals surface area contributed by atoms with Gasteiger partial charge in [-0.05, 0) is 0 Å². The maximum absolute atomic E-state index is 9.37. The molecule has 25 valence electrons. The van der Waals surface area contributed by atoms with E-state index in [0.29, 0.717) is 0 Å². The molecule has 0 aliphatic carbocycles. The monoisotopic (exact) mass is 181 g/mol. The summed E-state index contributed by atoms with van der Waals surface area (Å²) in [4.78, 5) is 0. The van der Waals surface area contributed by atoms with Crippen LogP contribution in [0.15, 0.2) is 0 Å². The zero-order valence-electron chi connectivity index (χ0n) is 2.64. The van der Waals surface area contributed by atoms with Crippen molar-refractivity contribution in [2.24, 2.45) is 0 Å². The van der Waals surface area contributed by atoms with Crippen molar-refractivity contribution < 1.29 is 37.3 Å². The molecule has 2 atom stereocenters. The Hall–Kier alpha value is 1.83. The van der Waals surface area contributed by atoms with Crippen LogP contribution in [0.25, 0.3) is 0 Å². The van der Waals surface area contributed by atoms with Crippen LogP contribution in [0.1, 0.15) is 0 Å². The molecular formula is H3BOP2Y. The molecule has 0 aromatic heterocycles. The molecule has 0 fully saturated rings. The van der Waals surface area contributed by atoms with Crippen molar-refractivity contribution in [1.29, 1.82) is 0 Å². The van der Waals surface area contributed by atoms with Gasteiger partial charge >= 0.3 is 0 Å². The molecule has 5 heteroatoms. The fraction of sp³-hybridized carbons (Fsp3) is 0. The van der Waals surface area contributed by atoms with Crippen molar-refractivity contribution in [2.75, 3.05) is 0 Å². The number of rotatable bonds is 0. The van der Waals surface area contributed by atoms with Crippen LogP contribution in [-0.2, 0) is 37.3 Å². The maximum Gasteiger partial charge on any atom is 0.165 e. The van der Waals surface area contributed by atoms with Crippen LogP contribution in [0.4, 0.5) is 0 Å². The van der Waals surface area contributed by atoms with Gasteiger partial charge in [0.25, 0.3) is 0 Å². The summed E-state index contributed by atoms with van der Waals surface area (Å²) in [6.45, 7) is 0. The average Bonchev–Trinajstić information content (AvgIpc) is 0.811. The standard InChI is InChI=1S/BH3OP2.Y/c1-4(2)3;/h4H,3H2;. The molecule has 0 aliphatic heterocycles. The molecule has 0 aliphatic rings. The third kappa shape index (κ3) is 25.5. The Kier molecular flexibility index (Phi) is 11.6. The van der Waals surface area contributed by atoms with Gasteiger partial charge in [0.15, 0.2) is 7.57 Å². The van der Waals surface area contributed by atoms with E-state index in [9.17, 15) is 4.57 Å². The quantitative estimate of drug-likeness (QED) is 0.390. The van der Waals surface area contributed by atoms with Gasteiger partial charge in [-0.2, -0.15) is 0 Å². The summed E-state index contributed by atoms with van der Waals surface area (Å²) in [5.41, 5.74) is 0. The first-order chi connectivity index (χ1) is 1.73. The van der Waals surface area contributed by atoms with Crippen molar-refractivity contribution in [2.45, 2.75) is 0 Å². The van der Waals surface area contributed by atoms with E-state index in [0.717, 1.165) is 0 Å². The van der Waals surface area contributed by atoms with E-state index in [1.54, 1.807) is 0 Å². The normalized spacial score (nSPS) is 12.2. The second-order valence-electron chi connectivity index (χ2n) is 0.402. The van der Waals surface area contributed by atoms with Gasteiger partial charge in [0.2, 0.25) is 0 Å². The second-order valence-corrected chi connectivity index (χ2v) is 2.91. The Bertz CT molecular complexity index is 32.6. The first kappa shape index (κ1) is 9.95. The zero-order chi connectivity index (χ0) is 3.58. The topological polar surface area (TPSA) is 17.1 Å². The van der Waals surface area contributed by atoms with Crippen molar-refractivity contribution in [3.05, 3.63) is 0 Å². The van der Waals surface area contributed by atoms with Gasteiger partial charge in [-0.25, -0.2) is 0 Å². The van der Waals surface area contributed by atoms with Crippen LogP contribution >= 0.6 is 16.3 Å². The molecular weight excluding hydrogens is 178 g/mol. The van der Waals surface area contributed by atoms with E-state index < -0.39 is 7.37 Å². The first-order valence-corrected chi connectivity index (χ1v) is 4.08. The van der Waals surface area contributed by atoms with Gasteiger partial charge in [-0.3, -0.25) is 0 Å². The molecule has 0 saturated heterocycles. The van der Waals surface area contributed by atoms with Crippen molar-refractivity contribution in [3.8, 4) is 0 Å². The van der Waals surface area contributed by atoms with Crippen molar-refractivity contribution >= 4 is 23.9 Å². The van der Waals surface area contributed by atoms with E-state index >= 15 is 0 Å². The molecule has 0 aromatic rings. The molecule has 0 aromatic carbocycles. The summed E-state index contributed by atoms with van der Waals surface area (Å²) in [6, 6.07) is 0. The number of hydrogen-bond acceptors (Lipinski definition) is 1. The molecule has 0 rings (SSSR count). The van der Waals surface area contributed by atoms with E-state index in [4.69, 9.17) is 0 Å². The van der Waals surface area contributed by atoms with Crippen molar-refractivity contribution in [3.63, 3.8) is 0 Å². The fourth-order valence-corrected chi connectivity index (χ4v) is 0. The molecule has 2 unspecified atom stereocenters. The molecule has 0 saturated carbocycles. The summed E-state index contributed by atoms with van der Waals surface area (Å²) in [7, 11) is 4.89. The summed E-state index contributed by atoms with van der Waals surface area (Å²) in [5.74, 6) is 0. The fourth-order valence-electron chi connectivity index (χ4n) is 0. The van der Waals surface area contributed by atoms with Gasteiger partial charge in [0.05, 0.1) is 0 Å². The van der Waals surface area contributed by atoms with Gasteiger partial charge in [0.1, 0.15) is 0 Å². The largest absolute Gasteiger partial charge is 0.334 e. The minimum absolute atomic E-state index is 0. The third-order valence-corrected chi connectivity index (χ3v) is 0. The first-order valence-electron chi connectivity index (χ1n) is 0.781. The van der Waals surface area contributed by atoms with E-state index in [1.807, 2.05) is 8.93 Å². The Balaban J connectivity index is 0. The van der Waals surface area contributed by atoms with Crippen LogP contribution in [0, 0.1) is 0 Å². The van der Waals surface area contributed by atoms with Gasteiger partial charge in [-0.1, -0.05) is 8.93 Å². The summed E-state index contributed by atoms with van der Waals surface area (Å²) in [5, 5.41) is 0. The summed E-state index contributed by atoms with van der Waals surface area (Å²) >= 11 is 0. The van der Waals surface area contributed by atoms with E-state index in [1.165, 1.54) is 0 Å². The predicted molar refractivity (Wildman–Crippen MR) is 24.5 cm³/mol. The predicted octanol–water partition coefficient (Wildman–Crippen LogP) is 0.417. The van der Waals surface area contributed by atoms with Crippen LogP contribution in [0.5, 0.6) is 0 Å². The molecule has 3 radical (unpaired) electrons. The van der Waals surface area contributed by atoms with Crippen LogP contribution in [0.3, 0.4) is 0 Å². The molecule has 0 heterocycles. The molecule has 0 amide bonds. The SMILES string of the molecule is [B][PH](=O)P.[Y].